The van der Waals surface area contributed by atoms with Gasteiger partial charge in [0.25, 0.3) is 0 Å². The number of halogens is 2. The predicted molar refractivity (Wildman–Crippen MR) is 113 cm³/mol. The first-order valence-electron chi connectivity index (χ1n) is 9.60. The zero-order chi connectivity index (χ0) is 17.4. The lowest BCUT2D eigenvalue weighted by atomic mass is 9.84. The molecule has 1 aromatic rings. The van der Waals surface area contributed by atoms with Gasteiger partial charge in [-0.15, -0.1) is 24.8 Å². The number of anilines is 1. The van der Waals surface area contributed by atoms with Crippen molar-refractivity contribution in [3.63, 3.8) is 0 Å². The second kappa shape index (κ2) is 9.35. The van der Waals surface area contributed by atoms with Crippen LogP contribution in [0.4, 0.5) is 5.69 Å². The lowest BCUT2D eigenvalue weighted by Crippen LogP contribution is -2.52. The van der Waals surface area contributed by atoms with Crippen LogP contribution in [0.5, 0.6) is 5.75 Å². The molecule has 3 aliphatic rings. The van der Waals surface area contributed by atoms with Crippen LogP contribution in [0.15, 0.2) is 24.3 Å². The Hall–Kier alpha value is -1.17. The van der Waals surface area contributed by atoms with E-state index in [1.807, 2.05) is 12.1 Å². The first kappa shape index (κ1) is 22.1. The Bertz CT molecular complexity index is 643. The fourth-order valence-electron chi connectivity index (χ4n) is 5.16. The summed E-state index contributed by atoms with van der Waals surface area (Å²) in [5, 5.41) is 3.31. The minimum Gasteiger partial charge on any atom is -0.497 e. The van der Waals surface area contributed by atoms with Gasteiger partial charge in [-0.1, -0.05) is 6.07 Å². The maximum absolute atomic E-state index is 12.8. The SMILES string of the molecule is COc1cccc(N2CCCC(NC(=O)C3C4CCC(C4)C3N)C2)c1.Cl.Cl. The molecule has 1 heterocycles. The molecule has 3 fully saturated rings. The monoisotopic (exact) mass is 415 g/mol. The normalized spacial score (nSPS) is 31.6. The van der Waals surface area contributed by atoms with Crippen LogP contribution >= 0.6 is 24.8 Å². The van der Waals surface area contributed by atoms with Crippen molar-refractivity contribution < 1.29 is 9.53 Å². The molecule has 3 N–H and O–H groups in total. The minimum atomic E-state index is 0. The lowest BCUT2D eigenvalue weighted by Gasteiger charge is -2.36. The second-order valence-corrected chi connectivity index (χ2v) is 7.93. The van der Waals surface area contributed by atoms with E-state index in [0.717, 1.165) is 43.8 Å². The fraction of sp³-hybridized carbons (Fsp3) is 0.650. The Balaban J connectivity index is 0.00000131. The van der Waals surface area contributed by atoms with Gasteiger partial charge in [0.15, 0.2) is 0 Å². The van der Waals surface area contributed by atoms with Crippen molar-refractivity contribution in [2.24, 2.45) is 23.5 Å². The van der Waals surface area contributed by atoms with E-state index in [9.17, 15) is 4.79 Å². The number of nitrogens with zero attached hydrogens (tertiary/aromatic N) is 1. The van der Waals surface area contributed by atoms with Crippen molar-refractivity contribution in [3.8, 4) is 5.75 Å². The van der Waals surface area contributed by atoms with E-state index < -0.39 is 0 Å². The number of hydrogen-bond acceptors (Lipinski definition) is 4. The van der Waals surface area contributed by atoms with Gasteiger partial charge in [-0.25, -0.2) is 0 Å². The van der Waals surface area contributed by atoms with Crippen molar-refractivity contribution >= 4 is 36.4 Å². The van der Waals surface area contributed by atoms with E-state index in [-0.39, 0.29) is 48.7 Å². The Kier molecular flexibility index (Phi) is 7.66. The van der Waals surface area contributed by atoms with Gasteiger partial charge in [0, 0.05) is 36.9 Å². The Morgan fingerprint density at radius 3 is 2.70 bits per heavy atom. The van der Waals surface area contributed by atoms with Gasteiger partial charge in [-0.05, 0) is 56.1 Å². The van der Waals surface area contributed by atoms with E-state index in [1.165, 1.54) is 12.8 Å². The highest BCUT2D eigenvalue weighted by atomic mass is 35.5. The molecule has 1 aromatic carbocycles. The molecule has 0 radical (unpaired) electrons. The average molecular weight is 416 g/mol. The van der Waals surface area contributed by atoms with Gasteiger partial charge in [-0.3, -0.25) is 4.79 Å². The molecule has 1 amide bonds. The molecular formula is C20H31Cl2N3O2. The highest BCUT2D eigenvalue weighted by Gasteiger charge is 2.49. The van der Waals surface area contributed by atoms with Crippen molar-refractivity contribution in [1.29, 1.82) is 0 Å². The minimum absolute atomic E-state index is 0. The number of fused-ring (bicyclic) bond motifs is 2. The molecule has 0 aromatic heterocycles. The summed E-state index contributed by atoms with van der Waals surface area (Å²) in [6, 6.07) is 8.43. The number of methoxy groups -OCH3 is 1. The largest absolute Gasteiger partial charge is 0.497 e. The van der Waals surface area contributed by atoms with Crippen molar-refractivity contribution in [3.05, 3.63) is 24.3 Å². The summed E-state index contributed by atoms with van der Waals surface area (Å²) in [6.45, 7) is 1.88. The summed E-state index contributed by atoms with van der Waals surface area (Å²) in [6.07, 6.45) is 5.67. The maximum atomic E-state index is 12.8. The van der Waals surface area contributed by atoms with Gasteiger partial charge in [0.1, 0.15) is 5.75 Å². The number of nitrogens with one attached hydrogen (secondary N) is 1. The third-order valence-corrected chi connectivity index (χ3v) is 6.47. The lowest BCUT2D eigenvalue weighted by molar-refractivity contribution is -0.127. The van der Waals surface area contributed by atoms with Crippen molar-refractivity contribution in [2.75, 3.05) is 25.1 Å². The molecule has 1 aliphatic heterocycles. The molecule has 5 atom stereocenters. The van der Waals surface area contributed by atoms with Crippen LogP contribution in [-0.2, 0) is 4.79 Å². The highest BCUT2D eigenvalue weighted by Crippen LogP contribution is 2.47. The quantitative estimate of drug-likeness (QED) is 0.792. The Morgan fingerprint density at radius 1 is 1.22 bits per heavy atom. The van der Waals surface area contributed by atoms with Crippen LogP contribution in [0.2, 0.25) is 0 Å². The average Bonchev–Trinajstić information content (AvgIpc) is 3.23. The second-order valence-electron chi connectivity index (χ2n) is 7.93. The Labute approximate surface area is 174 Å². The van der Waals surface area contributed by atoms with Gasteiger partial charge in [0.2, 0.25) is 5.91 Å². The van der Waals surface area contributed by atoms with E-state index >= 15 is 0 Å². The van der Waals surface area contributed by atoms with Crippen LogP contribution in [0.3, 0.4) is 0 Å². The van der Waals surface area contributed by atoms with Gasteiger partial charge >= 0.3 is 0 Å². The molecule has 2 saturated carbocycles. The summed E-state index contributed by atoms with van der Waals surface area (Å²) >= 11 is 0. The Morgan fingerprint density at radius 2 is 2.00 bits per heavy atom. The third kappa shape index (κ3) is 4.47. The molecular weight excluding hydrogens is 385 g/mol. The number of carbonyl (C=O) groups is 1. The topological polar surface area (TPSA) is 67.6 Å². The number of nitrogens with two attached hydrogens (primary N) is 1. The number of piperidine rings is 1. The third-order valence-electron chi connectivity index (χ3n) is 6.47. The van der Waals surface area contributed by atoms with Gasteiger partial charge in [-0.2, -0.15) is 0 Å². The summed E-state index contributed by atoms with van der Waals surface area (Å²) in [4.78, 5) is 15.2. The fourth-order valence-corrected chi connectivity index (χ4v) is 5.16. The first-order chi connectivity index (χ1) is 12.2. The van der Waals surface area contributed by atoms with Crippen LogP contribution < -0.4 is 20.7 Å². The summed E-state index contributed by atoms with van der Waals surface area (Å²) < 4.78 is 5.33. The van der Waals surface area contributed by atoms with E-state index in [0.29, 0.717) is 11.8 Å². The first-order valence-corrected chi connectivity index (χ1v) is 9.60. The van der Waals surface area contributed by atoms with E-state index in [4.69, 9.17) is 10.5 Å². The maximum Gasteiger partial charge on any atom is 0.225 e. The number of amides is 1. The van der Waals surface area contributed by atoms with Crippen LogP contribution in [0.25, 0.3) is 0 Å². The highest BCUT2D eigenvalue weighted by molar-refractivity contribution is 5.85. The number of hydrogen-bond donors (Lipinski definition) is 2. The summed E-state index contributed by atoms with van der Waals surface area (Å²) in [5.41, 5.74) is 7.50. The zero-order valence-corrected chi connectivity index (χ0v) is 17.4. The standard InChI is InChI=1S/C20H29N3O2.2ClH/c1-25-17-6-2-5-16(11-17)23-9-3-4-15(12-23)22-20(24)18-13-7-8-14(10-13)19(18)21;;/h2,5-6,11,13-15,18-19H,3-4,7-10,12,21H2,1H3,(H,22,24);2*1H. The molecule has 2 aliphatic carbocycles. The number of ether oxygens (including phenoxy) is 1. The number of rotatable bonds is 4. The smallest absolute Gasteiger partial charge is 0.225 e. The number of benzene rings is 1. The molecule has 2 bridgehead atoms. The van der Waals surface area contributed by atoms with E-state index in [2.05, 4.69) is 22.3 Å². The van der Waals surface area contributed by atoms with Crippen LogP contribution in [0, 0.1) is 17.8 Å². The molecule has 27 heavy (non-hydrogen) atoms. The van der Waals surface area contributed by atoms with Crippen molar-refractivity contribution in [1.82, 2.24) is 5.32 Å². The zero-order valence-electron chi connectivity index (χ0n) is 15.8. The summed E-state index contributed by atoms with van der Waals surface area (Å²) in [5.74, 6) is 2.18. The molecule has 0 spiro atoms. The molecule has 5 unspecified atom stereocenters. The molecule has 7 heteroatoms. The molecule has 1 saturated heterocycles. The van der Waals surface area contributed by atoms with E-state index in [1.54, 1.807) is 7.11 Å². The predicted octanol–water partition coefficient (Wildman–Crippen LogP) is 3.00. The van der Waals surface area contributed by atoms with Crippen LogP contribution in [-0.4, -0.2) is 38.2 Å². The molecule has 5 nitrogen and oxygen atoms in total. The number of carbonyl (C=O) groups excluding carboxylic acids is 1. The molecule has 152 valence electrons. The van der Waals surface area contributed by atoms with Gasteiger partial charge in [0.05, 0.1) is 13.0 Å². The van der Waals surface area contributed by atoms with Gasteiger partial charge < -0.3 is 20.7 Å². The van der Waals surface area contributed by atoms with Crippen molar-refractivity contribution in [2.45, 2.75) is 44.2 Å². The summed E-state index contributed by atoms with van der Waals surface area (Å²) in [7, 11) is 1.69. The van der Waals surface area contributed by atoms with Crippen LogP contribution in [0.1, 0.15) is 32.1 Å². The molecule has 4 rings (SSSR count).